The first-order valence-corrected chi connectivity index (χ1v) is 8.92. The first kappa shape index (κ1) is 17.7. The summed E-state index contributed by atoms with van der Waals surface area (Å²) in [6.45, 7) is 4.23. The molecule has 6 nitrogen and oxygen atoms in total. The lowest BCUT2D eigenvalue weighted by atomic mass is 10.2. The van der Waals surface area contributed by atoms with E-state index in [1.807, 2.05) is 0 Å². The van der Waals surface area contributed by atoms with Crippen molar-refractivity contribution in [2.75, 3.05) is 32.1 Å². The van der Waals surface area contributed by atoms with E-state index in [1.165, 1.54) is 18.4 Å². The highest BCUT2D eigenvalue weighted by atomic mass is 32.1. The third kappa shape index (κ3) is 4.94. The van der Waals surface area contributed by atoms with Gasteiger partial charge in [0.25, 0.3) is 0 Å². The fourth-order valence-electron chi connectivity index (χ4n) is 2.58. The van der Waals surface area contributed by atoms with Crippen LogP contribution >= 0.6 is 11.3 Å². The van der Waals surface area contributed by atoms with Crippen LogP contribution in [0.15, 0.2) is 10.8 Å². The molecule has 1 saturated heterocycles. The lowest BCUT2D eigenvalue weighted by Crippen LogP contribution is -2.36. The average molecular weight is 340 g/mol. The van der Waals surface area contributed by atoms with Gasteiger partial charge in [-0.1, -0.05) is 6.92 Å². The molecule has 1 aromatic heterocycles. The fourth-order valence-corrected chi connectivity index (χ4v) is 3.33. The summed E-state index contributed by atoms with van der Waals surface area (Å²) in [6.07, 6.45) is 4.00. The van der Waals surface area contributed by atoms with Crippen LogP contribution in [0.5, 0.6) is 0 Å². The van der Waals surface area contributed by atoms with E-state index >= 15 is 0 Å². The van der Waals surface area contributed by atoms with Gasteiger partial charge < -0.3 is 19.7 Å². The van der Waals surface area contributed by atoms with E-state index in [0.29, 0.717) is 24.3 Å². The molecule has 23 heavy (non-hydrogen) atoms. The molecule has 1 atom stereocenters. The standard InChI is InChI=1S/C16H24N2O4S/c1-3-9-22-12-5-4-7-18(8-6-12)16(20)17-14-11-23-10-13(14)15(19)21-2/h10-12H,3-9H2,1-2H3,(H,17,20)/t12-/m0/s1. The van der Waals surface area contributed by atoms with Gasteiger partial charge in [0.15, 0.2) is 0 Å². The first-order chi connectivity index (χ1) is 11.2. The molecule has 0 saturated carbocycles. The number of esters is 1. The maximum absolute atomic E-state index is 12.4. The molecular formula is C16H24N2O4S. The predicted octanol–water partition coefficient (Wildman–Crippen LogP) is 3.35. The molecule has 0 spiro atoms. The third-order valence-corrected chi connectivity index (χ3v) is 4.57. The summed E-state index contributed by atoms with van der Waals surface area (Å²) in [5.74, 6) is -0.439. The Morgan fingerprint density at radius 1 is 1.35 bits per heavy atom. The van der Waals surface area contributed by atoms with E-state index in [1.54, 1.807) is 15.7 Å². The molecule has 2 rings (SSSR count). The smallest absolute Gasteiger partial charge is 0.340 e. The Morgan fingerprint density at radius 3 is 2.91 bits per heavy atom. The predicted molar refractivity (Wildman–Crippen MR) is 90.1 cm³/mol. The highest BCUT2D eigenvalue weighted by Crippen LogP contribution is 2.23. The van der Waals surface area contributed by atoms with E-state index in [0.717, 1.165) is 32.3 Å². The molecule has 2 heterocycles. The van der Waals surface area contributed by atoms with Gasteiger partial charge in [-0.2, -0.15) is 0 Å². The van der Waals surface area contributed by atoms with Crippen LogP contribution in [0, 0.1) is 0 Å². The lowest BCUT2D eigenvalue weighted by Gasteiger charge is -2.21. The van der Waals surface area contributed by atoms with Gasteiger partial charge in [0, 0.05) is 30.5 Å². The largest absolute Gasteiger partial charge is 0.465 e. The number of thiophene rings is 1. The topological polar surface area (TPSA) is 67.9 Å². The molecule has 1 aliphatic rings. The second kappa shape index (κ2) is 8.88. The van der Waals surface area contributed by atoms with Crippen LogP contribution in [0.4, 0.5) is 10.5 Å². The molecule has 2 amide bonds. The number of rotatable bonds is 5. The molecule has 7 heteroatoms. The molecule has 1 fully saturated rings. The molecule has 0 aromatic carbocycles. The number of nitrogens with one attached hydrogen (secondary N) is 1. The molecule has 0 bridgehead atoms. The normalized spacial score (nSPS) is 18.3. The summed E-state index contributed by atoms with van der Waals surface area (Å²) < 4.78 is 10.5. The third-order valence-electron chi connectivity index (χ3n) is 3.83. The van der Waals surface area contributed by atoms with Crippen LogP contribution < -0.4 is 5.32 Å². The van der Waals surface area contributed by atoms with Gasteiger partial charge in [-0.15, -0.1) is 11.3 Å². The van der Waals surface area contributed by atoms with Crippen molar-refractivity contribution in [3.63, 3.8) is 0 Å². The number of carbonyl (C=O) groups is 2. The minimum absolute atomic E-state index is 0.176. The van der Waals surface area contributed by atoms with Crippen molar-refractivity contribution in [2.45, 2.75) is 38.7 Å². The van der Waals surface area contributed by atoms with Crippen LogP contribution in [0.1, 0.15) is 43.0 Å². The first-order valence-electron chi connectivity index (χ1n) is 7.97. The van der Waals surface area contributed by atoms with Gasteiger partial charge >= 0.3 is 12.0 Å². The van der Waals surface area contributed by atoms with Crippen LogP contribution in [0.2, 0.25) is 0 Å². The minimum Gasteiger partial charge on any atom is -0.465 e. The second-order valence-corrected chi connectivity index (χ2v) is 6.28. The van der Waals surface area contributed by atoms with E-state index in [4.69, 9.17) is 9.47 Å². The highest BCUT2D eigenvalue weighted by molar-refractivity contribution is 7.08. The van der Waals surface area contributed by atoms with Crippen LogP contribution in [0.25, 0.3) is 0 Å². The zero-order chi connectivity index (χ0) is 16.7. The summed E-state index contributed by atoms with van der Waals surface area (Å²) in [7, 11) is 1.33. The number of hydrogen-bond donors (Lipinski definition) is 1. The molecule has 0 unspecified atom stereocenters. The highest BCUT2D eigenvalue weighted by Gasteiger charge is 2.22. The number of hydrogen-bond acceptors (Lipinski definition) is 5. The molecule has 1 N–H and O–H groups in total. The SMILES string of the molecule is CCCO[C@H]1CCCN(C(=O)Nc2cscc2C(=O)OC)CC1. The number of methoxy groups -OCH3 is 1. The van der Waals surface area contributed by atoms with Crippen molar-refractivity contribution in [1.82, 2.24) is 4.90 Å². The second-order valence-electron chi connectivity index (χ2n) is 5.53. The van der Waals surface area contributed by atoms with Crippen molar-refractivity contribution in [3.05, 3.63) is 16.3 Å². The fraction of sp³-hybridized carbons (Fsp3) is 0.625. The van der Waals surface area contributed by atoms with Crippen LogP contribution in [-0.2, 0) is 9.47 Å². The van der Waals surface area contributed by atoms with Gasteiger partial charge in [0.2, 0.25) is 0 Å². The summed E-state index contributed by atoms with van der Waals surface area (Å²) in [6, 6.07) is -0.176. The summed E-state index contributed by atoms with van der Waals surface area (Å²) in [4.78, 5) is 25.9. The Balaban J connectivity index is 1.91. The van der Waals surface area contributed by atoms with Crippen molar-refractivity contribution >= 4 is 29.0 Å². The van der Waals surface area contributed by atoms with Crippen molar-refractivity contribution in [2.24, 2.45) is 0 Å². The van der Waals surface area contributed by atoms with E-state index in [-0.39, 0.29) is 12.1 Å². The number of amides is 2. The molecule has 0 radical (unpaired) electrons. The van der Waals surface area contributed by atoms with E-state index < -0.39 is 5.97 Å². The van der Waals surface area contributed by atoms with Crippen LogP contribution in [-0.4, -0.2) is 49.8 Å². The average Bonchev–Trinajstić information content (AvgIpc) is 2.88. The minimum atomic E-state index is -0.439. The van der Waals surface area contributed by atoms with Crippen LogP contribution in [0.3, 0.4) is 0 Å². The summed E-state index contributed by atoms with van der Waals surface area (Å²) >= 11 is 1.36. The van der Waals surface area contributed by atoms with Gasteiger partial charge in [-0.25, -0.2) is 9.59 Å². The lowest BCUT2D eigenvalue weighted by molar-refractivity contribution is 0.0446. The number of carbonyl (C=O) groups excluding carboxylic acids is 2. The number of urea groups is 1. The number of nitrogens with zero attached hydrogens (tertiary/aromatic N) is 1. The Bertz CT molecular complexity index is 532. The van der Waals surface area contributed by atoms with Gasteiger partial charge in [0.05, 0.1) is 24.5 Å². The van der Waals surface area contributed by atoms with Gasteiger partial charge in [-0.3, -0.25) is 0 Å². The quantitative estimate of drug-likeness (QED) is 0.835. The Hall–Kier alpha value is -1.60. The Kier molecular flexibility index (Phi) is 6.85. The molecule has 0 aliphatic carbocycles. The molecule has 1 aromatic rings. The summed E-state index contributed by atoms with van der Waals surface area (Å²) in [5.41, 5.74) is 0.903. The van der Waals surface area contributed by atoms with E-state index in [9.17, 15) is 9.59 Å². The van der Waals surface area contributed by atoms with Crippen molar-refractivity contribution < 1.29 is 19.1 Å². The Morgan fingerprint density at radius 2 is 2.17 bits per heavy atom. The number of likely N-dealkylation sites (tertiary alicyclic amines) is 1. The number of anilines is 1. The van der Waals surface area contributed by atoms with Gasteiger partial charge in [-0.05, 0) is 25.7 Å². The summed E-state index contributed by atoms with van der Waals surface area (Å²) in [5, 5.41) is 6.24. The van der Waals surface area contributed by atoms with E-state index in [2.05, 4.69) is 12.2 Å². The Labute approximate surface area is 140 Å². The molecular weight excluding hydrogens is 316 g/mol. The van der Waals surface area contributed by atoms with Crippen molar-refractivity contribution in [3.8, 4) is 0 Å². The monoisotopic (exact) mass is 340 g/mol. The number of ether oxygens (including phenoxy) is 2. The van der Waals surface area contributed by atoms with Gasteiger partial charge in [0.1, 0.15) is 0 Å². The zero-order valence-corrected chi connectivity index (χ0v) is 14.5. The zero-order valence-electron chi connectivity index (χ0n) is 13.7. The maximum Gasteiger partial charge on any atom is 0.340 e. The maximum atomic E-state index is 12.4. The molecule has 1 aliphatic heterocycles. The van der Waals surface area contributed by atoms with Crippen molar-refractivity contribution in [1.29, 1.82) is 0 Å². The molecule has 128 valence electrons.